The van der Waals surface area contributed by atoms with Gasteiger partial charge in [-0.05, 0) is 31.4 Å². The fourth-order valence-electron chi connectivity index (χ4n) is 2.97. The number of carbonyl (C=O) groups is 1. The van der Waals surface area contributed by atoms with Crippen LogP contribution < -0.4 is 0 Å². The lowest BCUT2D eigenvalue weighted by molar-refractivity contribution is -0.142. The molecular formula is C15H18F2O2. The van der Waals surface area contributed by atoms with Gasteiger partial charge in [0.05, 0.1) is 5.92 Å². The van der Waals surface area contributed by atoms with Crippen LogP contribution in [0.4, 0.5) is 8.78 Å². The molecular weight excluding hydrogens is 250 g/mol. The first-order chi connectivity index (χ1) is 9.02. The lowest BCUT2D eigenvalue weighted by Crippen LogP contribution is -2.23. The lowest BCUT2D eigenvalue weighted by Gasteiger charge is -2.23. The molecule has 0 amide bonds. The van der Waals surface area contributed by atoms with Gasteiger partial charge in [-0.3, -0.25) is 4.79 Å². The molecule has 1 fully saturated rings. The third-order valence-corrected chi connectivity index (χ3v) is 4.02. The van der Waals surface area contributed by atoms with Crippen LogP contribution in [0.3, 0.4) is 0 Å². The second-order valence-corrected chi connectivity index (χ2v) is 5.28. The van der Waals surface area contributed by atoms with E-state index >= 15 is 0 Å². The average Bonchev–Trinajstić information content (AvgIpc) is 2.60. The molecule has 1 aliphatic carbocycles. The van der Waals surface area contributed by atoms with Crippen LogP contribution in [0, 0.1) is 24.5 Å². The minimum Gasteiger partial charge on any atom is -0.481 e. The maximum Gasteiger partial charge on any atom is 0.307 e. The molecule has 1 aliphatic rings. The summed E-state index contributed by atoms with van der Waals surface area (Å²) in [6.07, 6.45) is 3.58. The largest absolute Gasteiger partial charge is 0.481 e. The maximum absolute atomic E-state index is 14.2. The molecule has 2 unspecified atom stereocenters. The van der Waals surface area contributed by atoms with Crippen LogP contribution in [0.15, 0.2) is 12.1 Å². The highest BCUT2D eigenvalue weighted by molar-refractivity contribution is 5.71. The molecule has 104 valence electrons. The van der Waals surface area contributed by atoms with Crippen molar-refractivity contribution in [3.63, 3.8) is 0 Å². The maximum atomic E-state index is 14.2. The number of hydrogen-bond donors (Lipinski definition) is 1. The molecule has 1 N–H and O–H groups in total. The molecule has 0 saturated heterocycles. The van der Waals surface area contributed by atoms with Gasteiger partial charge >= 0.3 is 5.97 Å². The van der Waals surface area contributed by atoms with E-state index < -0.39 is 29.4 Å². The van der Waals surface area contributed by atoms with Crippen LogP contribution in [-0.2, 0) is 4.79 Å². The number of hydrogen-bond acceptors (Lipinski definition) is 1. The van der Waals surface area contributed by atoms with Crippen molar-refractivity contribution in [3.8, 4) is 0 Å². The minimum absolute atomic E-state index is 0.0331. The van der Waals surface area contributed by atoms with Crippen molar-refractivity contribution in [2.45, 2.75) is 44.9 Å². The van der Waals surface area contributed by atoms with E-state index in [1.165, 1.54) is 12.1 Å². The predicted octanol–water partition coefficient (Wildman–Crippen LogP) is 4.02. The van der Waals surface area contributed by atoms with Crippen LogP contribution >= 0.6 is 0 Å². The third-order valence-electron chi connectivity index (χ3n) is 4.02. The summed E-state index contributed by atoms with van der Waals surface area (Å²) >= 11 is 0. The van der Waals surface area contributed by atoms with E-state index in [0.29, 0.717) is 18.4 Å². The van der Waals surface area contributed by atoms with Crippen molar-refractivity contribution >= 4 is 5.97 Å². The molecule has 2 rings (SSSR count). The number of carboxylic acid groups (broad SMARTS) is 1. The molecule has 2 atom stereocenters. The molecule has 1 saturated carbocycles. The second-order valence-electron chi connectivity index (χ2n) is 5.28. The highest BCUT2D eigenvalue weighted by Gasteiger charge is 2.34. The Bertz CT molecular complexity index is 485. The summed E-state index contributed by atoms with van der Waals surface area (Å²) in [7, 11) is 0. The average molecular weight is 268 g/mol. The van der Waals surface area contributed by atoms with E-state index in [1.54, 1.807) is 6.92 Å². The molecule has 0 heterocycles. The van der Waals surface area contributed by atoms with Crippen molar-refractivity contribution in [2.75, 3.05) is 0 Å². The number of rotatable bonds is 2. The fraction of sp³-hybridized carbons (Fsp3) is 0.533. The van der Waals surface area contributed by atoms with Gasteiger partial charge in [0.1, 0.15) is 11.6 Å². The highest BCUT2D eigenvalue weighted by atomic mass is 19.1. The summed E-state index contributed by atoms with van der Waals surface area (Å²) in [5, 5.41) is 9.30. The number of benzene rings is 1. The molecule has 0 aliphatic heterocycles. The van der Waals surface area contributed by atoms with E-state index in [9.17, 15) is 18.7 Å². The summed E-state index contributed by atoms with van der Waals surface area (Å²) in [6.45, 7) is 1.57. The zero-order chi connectivity index (χ0) is 14.0. The molecule has 0 aromatic heterocycles. The smallest absolute Gasteiger partial charge is 0.307 e. The van der Waals surface area contributed by atoms with Gasteiger partial charge < -0.3 is 5.11 Å². The zero-order valence-corrected chi connectivity index (χ0v) is 11.0. The Kier molecular flexibility index (Phi) is 4.17. The normalized spacial score (nSPS) is 23.9. The van der Waals surface area contributed by atoms with Crippen molar-refractivity contribution in [1.29, 1.82) is 0 Å². The molecule has 1 aromatic carbocycles. The van der Waals surface area contributed by atoms with Crippen LogP contribution in [0.25, 0.3) is 0 Å². The van der Waals surface area contributed by atoms with Gasteiger partial charge in [0.2, 0.25) is 0 Å². The summed E-state index contributed by atoms with van der Waals surface area (Å²) in [5.74, 6) is -3.40. The Labute approximate surface area is 111 Å². The predicted molar refractivity (Wildman–Crippen MR) is 68.0 cm³/mol. The first-order valence-corrected chi connectivity index (χ1v) is 6.69. The Balaban J connectivity index is 2.47. The molecule has 2 nitrogen and oxygen atoms in total. The van der Waals surface area contributed by atoms with Gasteiger partial charge in [0, 0.05) is 11.5 Å². The van der Waals surface area contributed by atoms with Gasteiger partial charge in [0.15, 0.2) is 0 Å². The third kappa shape index (κ3) is 2.77. The molecule has 0 bridgehead atoms. The van der Waals surface area contributed by atoms with E-state index in [2.05, 4.69) is 0 Å². The number of aliphatic carboxylic acids is 1. The summed E-state index contributed by atoms with van der Waals surface area (Å²) in [4.78, 5) is 11.4. The molecule has 1 aromatic rings. The topological polar surface area (TPSA) is 37.3 Å². The summed E-state index contributed by atoms with van der Waals surface area (Å²) in [5.41, 5.74) is 0.332. The summed E-state index contributed by atoms with van der Waals surface area (Å²) < 4.78 is 28.1. The molecule has 0 radical (unpaired) electrons. The van der Waals surface area contributed by atoms with Crippen LogP contribution in [0.2, 0.25) is 0 Å². The standard InChI is InChI=1S/C15H18F2O2/c1-9-7-8-12(16)13(14(9)17)10-5-3-2-4-6-11(10)15(18)19/h7-8,10-11H,2-6H2,1H3,(H,18,19). The molecule has 0 spiro atoms. The van der Waals surface area contributed by atoms with Crippen molar-refractivity contribution in [2.24, 2.45) is 5.92 Å². The SMILES string of the molecule is Cc1ccc(F)c(C2CCCCCC2C(=O)O)c1F. The van der Waals surface area contributed by atoms with E-state index in [-0.39, 0.29) is 5.56 Å². The highest BCUT2D eigenvalue weighted by Crippen LogP contribution is 2.39. The number of halogens is 2. The second kappa shape index (κ2) is 5.68. The number of aryl methyl sites for hydroxylation is 1. The van der Waals surface area contributed by atoms with Crippen molar-refractivity contribution < 1.29 is 18.7 Å². The van der Waals surface area contributed by atoms with Gasteiger partial charge in [-0.25, -0.2) is 8.78 Å². The van der Waals surface area contributed by atoms with Gasteiger partial charge in [0.25, 0.3) is 0 Å². The fourth-order valence-corrected chi connectivity index (χ4v) is 2.97. The van der Waals surface area contributed by atoms with Crippen molar-refractivity contribution in [3.05, 3.63) is 34.9 Å². The minimum atomic E-state index is -0.952. The van der Waals surface area contributed by atoms with Crippen LogP contribution in [0.1, 0.15) is 49.1 Å². The first kappa shape index (κ1) is 14.0. The quantitative estimate of drug-likeness (QED) is 0.822. The van der Waals surface area contributed by atoms with Gasteiger partial charge in [-0.2, -0.15) is 0 Å². The van der Waals surface area contributed by atoms with E-state index in [1.807, 2.05) is 0 Å². The Hall–Kier alpha value is -1.45. The molecule has 4 heteroatoms. The Morgan fingerprint density at radius 1 is 1.21 bits per heavy atom. The number of carboxylic acids is 1. The monoisotopic (exact) mass is 268 g/mol. The Morgan fingerprint density at radius 2 is 1.89 bits per heavy atom. The van der Waals surface area contributed by atoms with E-state index in [4.69, 9.17) is 0 Å². The zero-order valence-electron chi connectivity index (χ0n) is 11.0. The molecule has 19 heavy (non-hydrogen) atoms. The Morgan fingerprint density at radius 3 is 2.58 bits per heavy atom. The van der Waals surface area contributed by atoms with Gasteiger partial charge in [-0.15, -0.1) is 0 Å². The van der Waals surface area contributed by atoms with Crippen LogP contribution in [-0.4, -0.2) is 11.1 Å². The van der Waals surface area contributed by atoms with Crippen LogP contribution in [0.5, 0.6) is 0 Å². The van der Waals surface area contributed by atoms with Crippen molar-refractivity contribution in [1.82, 2.24) is 0 Å². The lowest BCUT2D eigenvalue weighted by atomic mass is 9.81. The first-order valence-electron chi connectivity index (χ1n) is 6.69. The van der Waals surface area contributed by atoms with E-state index in [0.717, 1.165) is 19.3 Å². The summed E-state index contributed by atoms with van der Waals surface area (Å²) in [6, 6.07) is 2.62. The van der Waals surface area contributed by atoms with Gasteiger partial charge in [-0.1, -0.05) is 25.3 Å².